The lowest BCUT2D eigenvalue weighted by molar-refractivity contribution is -0.0721. The Labute approximate surface area is 141 Å². The maximum absolute atomic E-state index is 12.9. The molecule has 0 radical (unpaired) electrons. The summed E-state index contributed by atoms with van der Waals surface area (Å²) in [5.41, 5.74) is 0.579. The molecule has 128 valence electrons. The monoisotopic (exact) mass is 328 g/mol. The van der Waals surface area contributed by atoms with Crippen LogP contribution >= 0.6 is 0 Å². The van der Waals surface area contributed by atoms with Gasteiger partial charge in [0.1, 0.15) is 5.69 Å². The lowest BCUT2D eigenvalue weighted by atomic mass is 9.74. The van der Waals surface area contributed by atoms with E-state index >= 15 is 0 Å². The minimum absolute atomic E-state index is 0.114. The van der Waals surface area contributed by atoms with Crippen LogP contribution in [0.15, 0.2) is 36.4 Å². The van der Waals surface area contributed by atoms with Crippen molar-refractivity contribution in [3.05, 3.63) is 42.1 Å². The Morgan fingerprint density at radius 1 is 1.33 bits per heavy atom. The number of amides is 1. The van der Waals surface area contributed by atoms with Gasteiger partial charge in [0.2, 0.25) is 0 Å². The van der Waals surface area contributed by atoms with Crippen molar-refractivity contribution in [2.24, 2.45) is 5.41 Å². The molecule has 0 unspecified atom stereocenters. The Morgan fingerprint density at radius 2 is 2.12 bits per heavy atom. The van der Waals surface area contributed by atoms with Gasteiger partial charge in [-0.25, -0.2) is 4.98 Å². The van der Waals surface area contributed by atoms with Crippen LogP contribution in [0.1, 0.15) is 36.7 Å². The van der Waals surface area contributed by atoms with Gasteiger partial charge in [-0.1, -0.05) is 37.6 Å². The molecule has 0 bridgehead atoms. The average molecular weight is 328 g/mol. The predicted octanol–water partition coefficient (Wildman–Crippen LogP) is 2.22. The van der Waals surface area contributed by atoms with Crippen molar-refractivity contribution >= 4 is 16.8 Å². The topological polar surface area (TPSA) is 73.7 Å². The first-order valence-corrected chi connectivity index (χ1v) is 8.53. The quantitative estimate of drug-likeness (QED) is 0.902. The van der Waals surface area contributed by atoms with Gasteiger partial charge in [0.25, 0.3) is 5.91 Å². The molecule has 0 saturated carbocycles. The number of carbonyl (C=O) groups excluding carboxylic acids is 1. The van der Waals surface area contributed by atoms with Crippen LogP contribution < -0.4 is 0 Å². The van der Waals surface area contributed by atoms with Crippen molar-refractivity contribution in [2.45, 2.75) is 32.3 Å². The van der Waals surface area contributed by atoms with Crippen LogP contribution in [0, 0.1) is 5.41 Å². The number of nitrogens with zero attached hydrogens (tertiary/aromatic N) is 2. The molecule has 5 nitrogen and oxygen atoms in total. The molecule has 1 aliphatic heterocycles. The standard InChI is InChI=1S/C19H24N2O3/c1-2-10-19(13-22)12-21(11-9-17(19)23)18(24)16-8-7-14-5-3-4-6-15(14)20-16/h3-8,17,22-23H,2,9-13H2,1H3/t17-,19-/m0/s1. The van der Waals surface area contributed by atoms with Crippen LogP contribution in [-0.2, 0) is 0 Å². The molecule has 2 atom stereocenters. The summed E-state index contributed by atoms with van der Waals surface area (Å²) in [6.45, 7) is 2.76. The Morgan fingerprint density at radius 3 is 2.88 bits per heavy atom. The Hall–Kier alpha value is -1.98. The van der Waals surface area contributed by atoms with E-state index in [0.717, 1.165) is 17.3 Å². The fraction of sp³-hybridized carbons (Fsp3) is 0.474. The van der Waals surface area contributed by atoms with Gasteiger partial charge in [-0.3, -0.25) is 4.79 Å². The number of para-hydroxylation sites is 1. The fourth-order valence-electron chi connectivity index (χ4n) is 3.65. The molecule has 5 heteroatoms. The second-order valence-corrected chi connectivity index (χ2v) is 6.69. The van der Waals surface area contributed by atoms with Crippen molar-refractivity contribution in [1.29, 1.82) is 0 Å². The molecular formula is C19H24N2O3. The summed E-state index contributed by atoms with van der Waals surface area (Å²) < 4.78 is 0. The molecule has 1 aliphatic rings. The number of aliphatic hydroxyl groups is 2. The number of pyridine rings is 1. The third-order valence-electron chi connectivity index (χ3n) is 5.05. The van der Waals surface area contributed by atoms with Gasteiger partial charge in [0.15, 0.2) is 0 Å². The van der Waals surface area contributed by atoms with Gasteiger partial charge in [-0.2, -0.15) is 0 Å². The highest BCUT2D eigenvalue weighted by Gasteiger charge is 2.43. The third-order valence-corrected chi connectivity index (χ3v) is 5.05. The molecule has 0 aliphatic carbocycles. The largest absolute Gasteiger partial charge is 0.396 e. The summed E-state index contributed by atoms with van der Waals surface area (Å²) in [5, 5.41) is 21.2. The van der Waals surface area contributed by atoms with Gasteiger partial charge in [-0.15, -0.1) is 0 Å². The molecule has 2 heterocycles. The Bertz CT molecular complexity index is 733. The van der Waals surface area contributed by atoms with Gasteiger partial charge in [-0.05, 0) is 25.0 Å². The zero-order valence-electron chi connectivity index (χ0n) is 14.0. The maximum Gasteiger partial charge on any atom is 0.272 e. The number of likely N-dealkylation sites (tertiary alicyclic amines) is 1. The lowest BCUT2D eigenvalue weighted by Crippen LogP contribution is -2.55. The average Bonchev–Trinajstić information content (AvgIpc) is 2.62. The van der Waals surface area contributed by atoms with E-state index in [0.29, 0.717) is 31.6 Å². The molecule has 1 saturated heterocycles. The van der Waals surface area contributed by atoms with E-state index in [9.17, 15) is 15.0 Å². The predicted molar refractivity (Wildman–Crippen MR) is 92.7 cm³/mol. The van der Waals surface area contributed by atoms with Gasteiger partial charge < -0.3 is 15.1 Å². The Balaban J connectivity index is 1.85. The molecule has 1 aromatic carbocycles. The Kier molecular flexibility index (Phi) is 4.83. The van der Waals surface area contributed by atoms with Crippen LogP contribution in [0.2, 0.25) is 0 Å². The SMILES string of the molecule is CCC[C@@]1(CO)CN(C(=O)c2ccc3ccccc3n2)CC[C@@H]1O. The second-order valence-electron chi connectivity index (χ2n) is 6.69. The fourth-order valence-corrected chi connectivity index (χ4v) is 3.65. The minimum atomic E-state index is -0.625. The van der Waals surface area contributed by atoms with Gasteiger partial charge >= 0.3 is 0 Å². The number of aliphatic hydroxyl groups excluding tert-OH is 2. The van der Waals surface area contributed by atoms with Crippen molar-refractivity contribution in [2.75, 3.05) is 19.7 Å². The molecule has 24 heavy (non-hydrogen) atoms. The summed E-state index contributed by atoms with van der Waals surface area (Å²) in [7, 11) is 0. The normalized spacial score (nSPS) is 24.3. The smallest absolute Gasteiger partial charge is 0.272 e. The van der Waals surface area contributed by atoms with Crippen LogP contribution in [0.5, 0.6) is 0 Å². The molecule has 1 amide bonds. The van der Waals surface area contributed by atoms with E-state index in [4.69, 9.17) is 0 Å². The summed E-state index contributed by atoms with van der Waals surface area (Å²) in [6.07, 6.45) is 1.46. The molecule has 1 aromatic heterocycles. The van der Waals surface area contributed by atoms with Gasteiger partial charge in [0, 0.05) is 23.9 Å². The van der Waals surface area contributed by atoms with Crippen LogP contribution in [0.3, 0.4) is 0 Å². The number of rotatable bonds is 4. The highest BCUT2D eigenvalue weighted by molar-refractivity contribution is 5.95. The number of hydrogen-bond acceptors (Lipinski definition) is 4. The van der Waals surface area contributed by atoms with E-state index in [-0.39, 0.29) is 12.5 Å². The molecule has 1 fully saturated rings. The molecule has 2 aromatic rings. The van der Waals surface area contributed by atoms with Crippen molar-refractivity contribution in [3.63, 3.8) is 0 Å². The third kappa shape index (κ3) is 3.01. The molecule has 2 N–H and O–H groups in total. The van der Waals surface area contributed by atoms with Crippen molar-refractivity contribution < 1.29 is 15.0 Å². The zero-order chi connectivity index (χ0) is 17.2. The number of aromatic nitrogens is 1. The number of piperidine rings is 1. The van der Waals surface area contributed by atoms with E-state index in [1.54, 1.807) is 11.0 Å². The highest BCUT2D eigenvalue weighted by Crippen LogP contribution is 2.35. The summed E-state index contributed by atoms with van der Waals surface area (Å²) in [4.78, 5) is 19.0. The first kappa shape index (κ1) is 16.9. The molecular weight excluding hydrogens is 304 g/mol. The minimum Gasteiger partial charge on any atom is -0.396 e. The van der Waals surface area contributed by atoms with E-state index < -0.39 is 11.5 Å². The zero-order valence-corrected chi connectivity index (χ0v) is 14.0. The first-order chi connectivity index (χ1) is 11.6. The summed E-state index contributed by atoms with van der Waals surface area (Å²) in [5.74, 6) is -0.137. The number of hydrogen-bond donors (Lipinski definition) is 2. The second kappa shape index (κ2) is 6.87. The van der Waals surface area contributed by atoms with Crippen LogP contribution in [0.4, 0.5) is 0 Å². The number of carbonyl (C=O) groups is 1. The number of benzene rings is 1. The number of fused-ring (bicyclic) bond motifs is 1. The van der Waals surface area contributed by atoms with Crippen molar-refractivity contribution in [1.82, 2.24) is 9.88 Å². The molecule has 0 spiro atoms. The van der Waals surface area contributed by atoms with Crippen LogP contribution in [0.25, 0.3) is 10.9 Å². The van der Waals surface area contributed by atoms with Crippen LogP contribution in [-0.4, -0.2) is 51.8 Å². The highest BCUT2D eigenvalue weighted by atomic mass is 16.3. The van der Waals surface area contributed by atoms with E-state index in [1.165, 1.54) is 0 Å². The van der Waals surface area contributed by atoms with Gasteiger partial charge in [0.05, 0.1) is 18.2 Å². The summed E-state index contributed by atoms with van der Waals surface area (Å²) >= 11 is 0. The van der Waals surface area contributed by atoms with Crippen molar-refractivity contribution in [3.8, 4) is 0 Å². The molecule has 3 rings (SSSR count). The lowest BCUT2D eigenvalue weighted by Gasteiger charge is -2.45. The van der Waals surface area contributed by atoms with E-state index in [1.807, 2.05) is 37.3 Å². The first-order valence-electron chi connectivity index (χ1n) is 8.53. The maximum atomic E-state index is 12.9. The summed E-state index contributed by atoms with van der Waals surface area (Å²) in [6, 6.07) is 11.3. The van der Waals surface area contributed by atoms with E-state index in [2.05, 4.69) is 4.98 Å².